The lowest BCUT2D eigenvalue weighted by molar-refractivity contribution is -0.129. The van der Waals surface area contributed by atoms with Crippen LogP contribution in [0.2, 0.25) is 5.02 Å². The third-order valence-corrected chi connectivity index (χ3v) is 4.64. The number of likely N-dealkylation sites (N-methyl/N-ethyl adjacent to an activating group) is 1. The first-order chi connectivity index (χ1) is 12.2. The zero-order valence-electron chi connectivity index (χ0n) is 17.0. The maximum Gasteiger partial charge on any atom is 0.412 e. The van der Waals surface area contributed by atoms with E-state index >= 15 is 0 Å². The molecule has 2 amide bonds. The highest BCUT2D eigenvalue weighted by Gasteiger charge is 2.52. The van der Waals surface area contributed by atoms with E-state index in [-0.39, 0.29) is 17.4 Å². The molecule has 1 fully saturated rings. The SMILES string of the molecule is CN1C(=O)[C@H](Cc2ccc(Cl)cc2F)N(C(=O)OC(C)(C)C)[C@H]1C(C)(C)C. The molecule has 0 aliphatic carbocycles. The van der Waals surface area contributed by atoms with Crippen molar-refractivity contribution < 1.29 is 18.7 Å². The van der Waals surface area contributed by atoms with E-state index in [1.165, 1.54) is 11.0 Å². The van der Waals surface area contributed by atoms with E-state index in [9.17, 15) is 14.0 Å². The minimum Gasteiger partial charge on any atom is -0.444 e. The third kappa shape index (κ3) is 4.72. The highest BCUT2D eigenvalue weighted by atomic mass is 35.5. The van der Waals surface area contributed by atoms with Crippen LogP contribution in [0.15, 0.2) is 18.2 Å². The fraction of sp³-hybridized carbons (Fsp3) is 0.600. The molecule has 1 aromatic carbocycles. The quantitative estimate of drug-likeness (QED) is 0.738. The van der Waals surface area contributed by atoms with E-state index in [2.05, 4.69) is 0 Å². The summed E-state index contributed by atoms with van der Waals surface area (Å²) in [6, 6.07) is 3.48. The number of carbonyl (C=O) groups is 2. The smallest absolute Gasteiger partial charge is 0.412 e. The lowest BCUT2D eigenvalue weighted by Crippen LogP contribution is -2.52. The number of carbonyl (C=O) groups excluding carboxylic acids is 2. The van der Waals surface area contributed by atoms with Gasteiger partial charge in [0.25, 0.3) is 0 Å². The molecular weight excluding hydrogens is 371 g/mol. The van der Waals surface area contributed by atoms with Crippen LogP contribution in [0.25, 0.3) is 0 Å². The summed E-state index contributed by atoms with van der Waals surface area (Å²) in [6.07, 6.45) is -1.03. The van der Waals surface area contributed by atoms with Gasteiger partial charge in [0, 0.05) is 23.9 Å². The molecule has 1 heterocycles. The Morgan fingerprint density at radius 1 is 1.22 bits per heavy atom. The molecule has 0 spiro atoms. The molecule has 0 N–H and O–H groups in total. The molecule has 27 heavy (non-hydrogen) atoms. The van der Waals surface area contributed by atoms with Crippen LogP contribution in [0.3, 0.4) is 0 Å². The summed E-state index contributed by atoms with van der Waals surface area (Å²) in [5.74, 6) is -0.739. The summed E-state index contributed by atoms with van der Waals surface area (Å²) in [5.41, 5.74) is -0.789. The van der Waals surface area contributed by atoms with Crippen LogP contribution in [0.4, 0.5) is 9.18 Å². The molecule has 2 atom stereocenters. The van der Waals surface area contributed by atoms with Crippen LogP contribution >= 0.6 is 11.6 Å². The molecule has 0 aromatic heterocycles. The minimum absolute atomic E-state index is 0.0536. The number of benzene rings is 1. The van der Waals surface area contributed by atoms with Gasteiger partial charge in [-0.05, 0) is 38.5 Å². The summed E-state index contributed by atoms with van der Waals surface area (Å²) in [5, 5.41) is 0.280. The molecule has 1 aromatic rings. The molecule has 150 valence electrons. The number of hydrogen-bond donors (Lipinski definition) is 0. The third-order valence-electron chi connectivity index (χ3n) is 4.41. The molecule has 0 radical (unpaired) electrons. The number of amides is 2. The first-order valence-corrected chi connectivity index (χ1v) is 9.32. The molecule has 1 saturated heterocycles. The van der Waals surface area contributed by atoms with E-state index in [0.717, 1.165) is 0 Å². The van der Waals surface area contributed by atoms with Crippen molar-refractivity contribution in [3.05, 3.63) is 34.6 Å². The zero-order valence-corrected chi connectivity index (χ0v) is 17.7. The molecule has 7 heteroatoms. The number of ether oxygens (including phenoxy) is 1. The Labute approximate surface area is 165 Å². The van der Waals surface area contributed by atoms with Gasteiger partial charge in [0.05, 0.1) is 0 Å². The fourth-order valence-corrected chi connectivity index (χ4v) is 3.61. The van der Waals surface area contributed by atoms with Gasteiger partial charge < -0.3 is 9.64 Å². The summed E-state index contributed by atoms with van der Waals surface area (Å²) in [6.45, 7) is 11.2. The molecule has 5 nitrogen and oxygen atoms in total. The van der Waals surface area contributed by atoms with Crippen molar-refractivity contribution >= 4 is 23.6 Å². The predicted molar refractivity (Wildman–Crippen MR) is 103 cm³/mol. The molecule has 1 aliphatic rings. The van der Waals surface area contributed by atoms with Crippen LogP contribution in [-0.2, 0) is 16.0 Å². The molecule has 0 saturated carbocycles. The minimum atomic E-state index is -0.843. The number of hydrogen-bond acceptors (Lipinski definition) is 3. The van der Waals surface area contributed by atoms with Crippen LogP contribution in [0, 0.1) is 11.2 Å². The normalized spacial score (nSPS) is 21.0. The summed E-state index contributed by atoms with van der Waals surface area (Å²) < 4.78 is 19.9. The second-order valence-corrected chi connectivity index (χ2v) is 9.47. The maximum atomic E-state index is 14.3. The van der Waals surface area contributed by atoms with Crippen molar-refractivity contribution in [2.75, 3.05) is 7.05 Å². The van der Waals surface area contributed by atoms with Crippen LogP contribution < -0.4 is 0 Å². The highest BCUT2D eigenvalue weighted by molar-refractivity contribution is 6.30. The van der Waals surface area contributed by atoms with E-state index in [1.54, 1.807) is 44.9 Å². The average molecular weight is 399 g/mol. The molecule has 0 bridgehead atoms. The van der Waals surface area contributed by atoms with Gasteiger partial charge in [-0.3, -0.25) is 9.69 Å². The van der Waals surface area contributed by atoms with Gasteiger partial charge in [0.2, 0.25) is 5.91 Å². The van der Waals surface area contributed by atoms with Crippen molar-refractivity contribution in [3.8, 4) is 0 Å². The second kappa shape index (κ2) is 7.30. The number of rotatable bonds is 2. The largest absolute Gasteiger partial charge is 0.444 e. The zero-order chi connectivity index (χ0) is 20.7. The van der Waals surface area contributed by atoms with Crippen LogP contribution in [-0.4, -0.2) is 46.7 Å². The Kier molecular flexibility index (Phi) is 5.81. The topological polar surface area (TPSA) is 49.9 Å². The van der Waals surface area contributed by atoms with Crippen molar-refractivity contribution in [2.45, 2.75) is 65.8 Å². The van der Waals surface area contributed by atoms with Crippen molar-refractivity contribution in [1.82, 2.24) is 9.80 Å². The Morgan fingerprint density at radius 3 is 2.30 bits per heavy atom. The van der Waals surface area contributed by atoms with Crippen molar-refractivity contribution in [1.29, 1.82) is 0 Å². The van der Waals surface area contributed by atoms with Crippen molar-refractivity contribution in [2.24, 2.45) is 5.41 Å². The molecular formula is C20H28ClFN2O3. The highest BCUT2D eigenvalue weighted by Crippen LogP contribution is 2.36. The van der Waals surface area contributed by atoms with Gasteiger partial charge in [0.1, 0.15) is 23.6 Å². The van der Waals surface area contributed by atoms with E-state index < -0.39 is 35.1 Å². The Hall–Kier alpha value is -1.82. The monoisotopic (exact) mass is 398 g/mol. The second-order valence-electron chi connectivity index (χ2n) is 9.03. The number of nitrogens with zero attached hydrogens (tertiary/aromatic N) is 2. The van der Waals surface area contributed by atoms with Crippen molar-refractivity contribution in [3.63, 3.8) is 0 Å². The fourth-order valence-electron chi connectivity index (χ4n) is 3.45. The lowest BCUT2D eigenvalue weighted by atomic mass is 9.91. The standard InChI is InChI=1S/C20H28ClFN2O3/c1-19(2,3)17-23(7)16(25)15(24(17)18(26)27-20(4,5)6)10-12-8-9-13(21)11-14(12)22/h8-9,11,15,17H,10H2,1-7H3/t15-,17-/m0/s1. The van der Waals surface area contributed by atoms with Gasteiger partial charge >= 0.3 is 6.09 Å². The van der Waals surface area contributed by atoms with Gasteiger partial charge in [-0.1, -0.05) is 38.4 Å². The summed E-state index contributed by atoms with van der Waals surface area (Å²) in [7, 11) is 1.66. The van der Waals surface area contributed by atoms with E-state index in [0.29, 0.717) is 5.56 Å². The lowest BCUT2D eigenvalue weighted by Gasteiger charge is -2.39. The van der Waals surface area contributed by atoms with Gasteiger partial charge in [-0.2, -0.15) is 0 Å². The average Bonchev–Trinajstić information content (AvgIpc) is 2.73. The molecule has 0 unspecified atom stereocenters. The number of halogens is 2. The maximum absolute atomic E-state index is 14.3. The van der Waals surface area contributed by atoms with E-state index in [1.807, 2.05) is 20.8 Å². The van der Waals surface area contributed by atoms with Gasteiger partial charge in [-0.25, -0.2) is 9.18 Å². The Morgan fingerprint density at radius 2 is 1.81 bits per heavy atom. The summed E-state index contributed by atoms with van der Waals surface area (Å²) >= 11 is 5.82. The molecule has 1 aliphatic heterocycles. The first kappa shape index (κ1) is 21.5. The Balaban J connectivity index is 2.45. The molecule has 2 rings (SSSR count). The predicted octanol–water partition coefficient (Wildman–Crippen LogP) is 4.47. The Bertz CT molecular complexity index is 740. The first-order valence-electron chi connectivity index (χ1n) is 8.94. The van der Waals surface area contributed by atoms with Gasteiger partial charge in [-0.15, -0.1) is 0 Å². The summed E-state index contributed by atoms with van der Waals surface area (Å²) in [4.78, 5) is 28.9. The van der Waals surface area contributed by atoms with Gasteiger partial charge in [0.15, 0.2) is 0 Å². The van der Waals surface area contributed by atoms with Crippen LogP contribution in [0.5, 0.6) is 0 Å². The van der Waals surface area contributed by atoms with Crippen LogP contribution in [0.1, 0.15) is 47.1 Å². The van der Waals surface area contributed by atoms with E-state index in [4.69, 9.17) is 16.3 Å².